The van der Waals surface area contributed by atoms with Crippen LogP contribution in [0.3, 0.4) is 0 Å². The van der Waals surface area contributed by atoms with Crippen LogP contribution in [0.25, 0.3) is 0 Å². The van der Waals surface area contributed by atoms with Crippen molar-refractivity contribution in [2.45, 2.75) is 12.8 Å². The zero-order chi connectivity index (χ0) is 12.5. The van der Waals surface area contributed by atoms with E-state index in [1.807, 2.05) is 0 Å². The van der Waals surface area contributed by atoms with Crippen LogP contribution in [0.15, 0.2) is 10.7 Å². The molecule has 90 valence electrons. The third-order valence-electron chi connectivity index (χ3n) is 2.68. The first kappa shape index (κ1) is 12.5. The van der Waals surface area contributed by atoms with Gasteiger partial charge in [0.25, 0.3) is 5.88 Å². The lowest BCUT2D eigenvalue weighted by atomic mass is 10.1. The maximum Gasteiger partial charge on any atom is 0.258 e. The SMILES string of the molecule is COc1c(OCC2(C#N)CC2)ncc(Br)c1Cl. The molecule has 0 aromatic carbocycles. The Bertz CT molecular complexity index is 483. The largest absolute Gasteiger partial charge is 0.490 e. The number of nitrogens with zero attached hydrogens (tertiary/aromatic N) is 2. The Morgan fingerprint density at radius 2 is 2.35 bits per heavy atom. The lowest BCUT2D eigenvalue weighted by Crippen LogP contribution is -2.12. The number of ether oxygens (including phenoxy) is 2. The van der Waals surface area contributed by atoms with Gasteiger partial charge in [-0.2, -0.15) is 5.26 Å². The number of hydrogen-bond donors (Lipinski definition) is 0. The van der Waals surface area contributed by atoms with Crippen molar-refractivity contribution in [2.24, 2.45) is 5.41 Å². The molecule has 6 heteroatoms. The molecule has 1 fully saturated rings. The fourth-order valence-electron chi connectivity index (χ4n) is 1.36. The molecule has 2 rings (SSSR count). The molecule has 0 N–H and O–H groups in total. The summed E-state index contributed by atoms with van der Waals surface area (Å²) in [6.45, 7) is 0.324. The molecular weight excluding hydrogens is 307 g/mol. The number of nitriles is 1. The summed E-state index contributed by atoms with van der Waals surface area (Å²) in [5, 5.41) is 9.36. The summed E-state index contributed by atoms with van der Waals surface area (Å²) in [5.74, 6) is 0.706. The van der Waals surface area contributed by atoms with Crippen LogP contribution < -0.4 is 9.47 Å². The van der Waals surface area contributed by atoms with Crippen molar-refractivity contribution < 1.29 is 9.47 Å². The van der Waals surface area contributed by atoms with Crippen molar-refractivity contribution >= 4 is 27.5 Å². The van der Waals surface area contributed by atoms with E-state index >= 15 is 0 Å². The van der Waals surface area contributed by atoms with Gasteiger partial charge in [0.2, 0.25) is 5.75 Å². The summed E-state index contributed by atoms with van der Waals surface area (Å²) in [6, 6.07) is 2.25. The third-order valence-corrected chi connectivity index (χ3v) is 3.88. The maximum atomic E-state index is 8.94. The van der Waals surface area contributed by atoms with Gasteiger partial charge in [-0.05, 0) is 28.8 Å². The highest BCUT2D eigenvalue weighted by molar-refractivity contribution is 9.10. The predicted molar refractivity (Wildman–Crippen MR) is 66.3 cm³/mol. The molecule has 1 aromatic heterocycles. The minimum absolute atomic E-state index is 0.322. The number of aromatic nitrogens is 1. The standard InChI is InChI=1S/C11H10BrClN2O2/c1-16-9-8(13)7(12)4-15-10(9)17-6-11(5-14)2-3-11/h4H,2-3,6H2,1H3. The molecule has 4 nitrogen and oxygen atoms in total. The molecule has 0 spiro atoms. The predicted octanol–water partition coefficient (Wildman–Crippen LogP) is 3.19. The summed E-state index contributed by atoms with van der Waals surface area (Å²) in [5.41, 5.74) is -0.341. The molecule has 1 aliphatic carbocycles. The van der Waals surface area contributed by atoms with Crippen LogP contribution in [0.4, 0.5) is 0 Å². The number of rotatable bonds is 4. The summed E-state index contributed by atoms with van der Waals surface area (Å²) < 4.78 is 11.3. The van der Waals surface area contributed by atoms with Gasteiger partial charge in [0, 0.05) is 6.20 Å². The molecule has 0 bridgehead atoms. The van der Waals surface area contributed by atoms with E-state index in [-0.39, 0.29) is 5.41 Å². The molecule has 1 saturated carbocycles. The van der Waals surface area contributed by atoms with Crippen molar-refractivity contribution in [1.29, 1.82) is 5.26 Å². The van der Waals surface area contributed by atoms with Crippen LogP contribution >= 0.6 is 27.5 Å². The summed E-state index contributed by atoms with van der Waals surface area (Å²) in [6.07, 6.45) is 3.29. The van der Waals surface area contributed by atoms with Crippen molar-refractivity contribution in [3.63, 3.8) is 0 Å². The molecule has 0 amide bonds. The fraction of sp³-hybridized carbons (Fsp3) is 0.455. The van der Waals surface area contributed by atoms with Gasteiger partial charge in [-0.25, -0.2) is 4.98 Å². The Morgan fingerprint density at radius 1 is 1.65 bits per heavy atom. The van der Waals surface area contributed by atoms with Crippen LogP contribution in [-0.2, 0) is 0 Å². The highest BCUT2D eigenvalue weighted by atomic mass is 79.9. The molecular formula is C11H10BrClN2O2. The first-order chi connectivity index (χ1) is 8.12. The Labute approximate surface area is 113 Å². The van der Waals surface area contributed by atoms with Crippen molar-refractivity contribution in [2.75, 3.05) is 13.7 Å². The molecule has 1 aromatic rings. The Balaban J connectivity index is 2.16. The van der Waals surface area contributed by atoms with E-state index in [1.54, 1.807) is 6.20 Å². The number of pyridine rings is 1. The molecule has 0 atom stereocenters. The molecule has 0 saturated heterocycles. The van der Waals surface area contributed by atoms with E-state index in [0.717, 1.165) is 12.8 Å². The van der Waals surface area contributed by atoms with Gasteiger partial charge < -0.3 is 9.47 Å². The minimum atomic E-state index is -0.341. The molecule has 0 unspecified atom stereocenters. The first-order valence-corrected chi connectivity index (χ1v) is 6.21. The van der Waals surface area contributed by atoms with E-state index in [0.29, 0.717) is 27.7 Å². The second-order valence-electron chi connectivity index (χ2n) is 3.94. The average Bonchev–Trinajstić information content (AvgIpc) is 3.11. The highest BCUT2D eigenvalue weighted by Gasteiger charge is 2.44. The van der Waals surface area contributed by atoms with Gasteiger partial charge in [-0.15, -0.1) is 0 Å². The first-order valence-electron chi connectivity index (χ1n) is 5.04. The molecule has 17 heavy (non-hydrogen) atoms. The molecule has 0 aliphatic heterocycles. The molecule has 0 radical (unpaired) electrons. The summed E-state index contributed by atoms with van der Waals surface area (Å²) >= 11 is 9.30. The normalized spacial score (nSPS) is 16.1. The minimum Gasteiger partial charge on any atom is -0.490 e. The lowest BCUT2D eigenvalue weighted by molar-refractivity contribution is 0.244. The lowest BCUT2D eigenvalue weighted by Gasteiger charge is -2.13. The van der Waals surface area contributed by atoms with Crippen molar-refractivity contribution in [3.05, 3.63) is 15.7 Å². The Hall–Kier alpha value is -0.990. The summed E-state index contributed by atoms with van der Waals surface area (Å²) in [7, 11) is 1.50. The van der Waals surface area contributed by atoms with Gasteiger partial charge in [0.05, 0.1) is 23.1 Å². The van der Waals surface area contributed by atoms with Crippen LogP contribution in [0.2, 0.25) is 5.02 Å². The van der Waals surface area contributed by atoms with Crippen LogP contribution in [0.5, 0.6) is 11.6 Å². The monoisotopic (exact) mass is 316 g/mol. The van der Waals surface area contributed by atoms with Gasteiger partial charge in [-0.3, -0.25) is 0 Å². The Morgan fingerprint density at radius 3 is 2.88 bits per heavy atom. The maximum absolute atomic E-state index is 8.94. The zero-order valence-corrected chi connectivity index (χ0v) is 11.5. The van der Waals surface area contributed by atoms with E-state index in [4.69, 9.17) is 26.3 Å². The topological polar surface area (TPSA) is 55.1 Å². The van der Waals surface area contributed by atoms with Crippen LogP contribution in [-0.4, -0.2) is 18.7 Å². The second kappa shape index (κ2) is 4.71. The van der Waals surface area contributed by atoms with Gasteiger partial charge in [0.15, 0.2) is 0 Å². The van der Waals surface area contributed by atoms with Gasteiger partial charge in [0.1, 0.15) is 11.6 Å². The van der Waals surface area contributed by atoms with E-state index in [1.165, 1.54) is 7.11 Å². The number of hydrogen-bond acceptors (Lipinski definition) is 4. The zero-order valence-electron chi connectivity index (χ0n) is 9.17. The van der Waals surface area contributed by atoms with Crippen LogP contribution in [0, 0.1) is 16.7 Å². The Kier molecular flexibility index (Phi) is 3.45. The van der Waals surface area contributed by atoms with Gasteiger partial charge >= 0.3 is 0 Å². The van der Waals surface area contributed by atoms with E-state index in [9.17, 15) is 0 Å². The van der Waals surface area contributed by atoms with Crippen LogP contribution in [0.1, 0.15) is 12.8 Å². The number of halogens is 2. The van der Waals surface area contributed by atoms with Crippen molar-refractivity contribution in [1.82, 2.24) is 4.98 Å². The average molecular weight is 318 g/mol. The quantitative estimate of drug-likeness (QED) is 0.856. The van der Waals surface area contributed by atoms with Crippen molar-refractivity contribution in [3.8, 4) is 17.7 Å². The summed E-state index contributed by atoms with van der Waals surface area (Å²) in [4.78, 5) is 4.09. The third kappa shape index (κ3) is 2.48. The second-order valence-corrected chi connectivity index (χ2v) is 5.17. The highest BCUT2D eigenvalue weighted by Crippen LogP contribution is 2.46. The number of methoxy groups -OCH3 is 1. The van der Waals surface area contributed by atoms with E-state index < -0.39 is 0 Å². The molecule has 1 heterocycles. The fourth-order valence-corrected chi connectivity index (χ4v) is 1.85. The smallest absolute Gasteiger partial charge is 0.258 e. The molecule has 1 aliphatic rings. The van der Waals surface area contributed by atoms with E-state index in [2.05, 4.69) is 27.0 Å². The van der Waals surface area contributed by atoms with Gasteiger partial charge in [-0.1, -0.05) is 11.6 Å².